The third kappa shape index (κ3) is 4.43. The minimum atomic E-state index is -0.953. The number of anilines is 2. The zero-order chi connectivity index (χ0) is 25.4. The summed E-state index contributed by atoms with van der Waals surface area (Å²) in [6, 6.07) is 13.2. The molecule has 7 heteroatoms. The van der Waals surface area contributed by atoms with Crippen molar-refractivity contribution in [1.82, 2.24) is 0 Å². The third-order valence-corrected chi connectivity index (χ3v) is 7.84. The summed E-state index contributed by atoms with van der Waals surface area (Å²) in [5.74, 6) is -1.76. The van der Waals surface area contributed by atoms with Crippen molar-refractivity contribution in [1.29, 1.82) is 0 Å². The van der Waals surface area contributed by atoms with Crippen LogP contribution in [-0.4, -0.2) is 42.8 Å². The van der Waals surface area contributed by atoms with Gasteiger partial charge in [-0.1, -0.05) is 31.0 Å². The summed E-state index contributed by atoms with van der Waals surface area (Å²) in [4.78, 5) is 55.2. The van der Waals surface area contributed by atoms with E-state index in [0.717, 1.165) is 41.8 Å². The Balaban J connectivity index is 1.27. The Morgan fingerprint density at radius 3 is 2.31 bits per heavy atom. The first-order valence-corrected chi connectivity index (χ1v) is 12.9. The molecular formula is C29H32N2O5. The van der Waals surface area contributed by atoms with Gasteiger partial charge >= 0.3 is 5.97 Å². The molecule has 2 heterocycles. The predicted molar refractivity (Wildman–Crippen MR) is 136 cm³/mol. The molecule has 7 nitrogen and oxygen atoms in total. The molecule has 1 fully saturated rings. The van der Waals surface area contributed by atoms with Crippen LogP contribution in [0.3, 0.4) is 0 Å². The molecule has 2 aromatic rings. The Morgan fingerprint density at radius 2 is 1.53 bits per heavy atom. The zero-order valence-corrected chi connectivity index (χ0v) is 20.9. The number of carbonyl (C=O) groups excluding carboxylic acids is 4. The van der Waals surface area contributed by atoms with Crippen LogP contribution in [0.1, 0.15) is 61.0 Å². The third-order valence-electron chi connectivity index (χ3n) is 7.84. The quantitative estimate of drug-likeness (QED) is 0.467. The van der Waals surface area contributed by atoms with Gasteiger partial charge in [0, 0.05) is 37.0 Å². The molecule has 1 aliphatic carbocycles. The average Bonchev–Trinajstić information content (AvgIpc) is 3.52. The van der Waals surface area contributed by atoms with Gasteiger partial charge in [-0.3, -0.25) is 19.2 Å². The SMILES string of the molecule is CC(=O)N1CCc2cc(C(=O)[C@H](C)OC(=O)[C@H]3CCCC[C@@H]3C(=O)N3CCc4ccccc43)ccc21. The molecule has 2 aliphatic heterocycles. The lowest BCUT2D eigenvalue weighted by molar-refractivity contribution is -0.156. The summed E-state index contributed by atoms with van der Waals surface area (Å²) < 4.78 is 5.67. The van der Waals surface area contributed by atoms with Gasteiger partial charge in [-0.05, 0) is 68.0 Å². The molecule has 2 amide bonds. The van der Waals surface area contributed by atoms with E-state index in [1.165, 1.54) is 6.92 Å². The molecule has 0 bridgehead atoms. The molecule has 0 aromatic heterocycles. The van der Waals surface area contributed by atoms with E-state index in [1.54, 1.807) is 30.0 Å². The van der Waals surface area contributed by atoms with Gasteiger partial charge in [0.25, 0.3) is 0 Å². The highest BCUT2D eigenvalue weighted by molar-refractivity contribution is 6.03. The molecular weight excluding hydrogens is 456 g/mol. The molecule has 3 aliphatic rings. The fourth-order valence-electron chi connectivity index (χ4n) is 5.91. The Bertz CT molecular complexity index is 1220. The minimum absolute atomic E-state index is 0.0192. The van der Waals surface area contributed by atoms with Gasteiger partial charge in [0.2, 0.25) is 17.6 Å². The van der Waals surface area contributed by atoms with Gasteiger partial charge in [-0.25, -0.2) is 0 Å². The Morgan fingerprint density at radius 1 is 0.861 bits per heavy atom. The number of para-hydroxylation sites is 1. The molecule has 1 saturated carbocycles. The number of carbonyl (C=O) groups is 4. The number of hydrogen-bond donors (Lipinski definition) is 0. The second kappa shape index (κ2) is 9.88. The molecule has 0 radical (unpaired) electrons. The van der Waals surface area contributed by atoms with Crippen LogP contribution in [0.5, 0.6) is 0 Å². The van der Waals surface area contributed by atoms with Crippen LogP contribution in [-0.2, 0) is 32.0 Å². The van der Waals surface area contributed by atoms with Crippen LogP contribution in [0.2, 0.25) is 0 Å². The van der Waals surface area contributed by atoms with E-state index < -0.39 is 23.9 Å². The summed E-state index contributed by atoms with van der Waals surface area (Å²) in [6.07, 6.45) is 3.56. The van der Waals surface area contributed by atoms with Crippen LogP contribution >= 0.6 is 0 Å². The Labute approximate surface area is 211 Å². The average molecular weight is 489 g/mol. The summed E-state index contributed by atoms with van der Waals surface area (Å²) in [5.41, 5.74) is 4.32. The first-order valence-electron chi connectivity index (χ1n) is 12.9. The van der Waals surface area contributed by atoms with E-state index in [2.05, 4.69) is 0 Å². The lowest BCUT2D eigenvalue weighted by Gasteiger charge is -2.32. The predicted octanol–water partition coefficient (Wildman–Crippen LogP) is 4.11. The number of amides is 2. The van der Waals surface area contributed by atoms with Crippen molar-refractivity contribution >= 4 is 34.9 Å². The van der Waals surface area contributed by atoms with E-state index in [-0.39, 0.29) is 17.6 Å². The van der Waals surface area contributed by atoms with Crippen molar-refractivity contribution in [2.45, 2.75) is 58.5 Å². The van der Waals surface area contributed by atoms with Crippen molar-refractivity contribution in [3.05, 3.63) is 59.2 Å². The molecule has 0 saturated heterocycles. The molecule has 188 valence electrons. The Hall–Kier alpha value is -3.48. The van der Waals surface area contributed by atoms with E-state index >= 15 is 0 Å². The van der Waals surface area contributed by atoms with Crippen LogP contribution in [0.15, 0.2) is 42.5 Å². The number of fused-ring (bicyclic) bond motifs is 2. The van der Waals surface area contributed by atoms with Crippen LogP contribution in [0.25, 0.3) is 0 Å². The highest BCUT2D eigenvalue weighted by atomic mass is 16.5. The van der Waals surface area contributed by atoms with Gasteiger partial charge in [0.05, 0.1) is 11.8 Å². The fourth-order valence-corrected chi connectivity index (χ4v) is 5.91. The maximum atomic E-state index is 13.5. The lowest BCUT2D eigenvalue weighted by atomic mass is 9.78. The number of benzene rings is 2. The van der Waals surface area contributed by atoms with E-state index in [0.29, 0.717) is 37.9 Å². The van der Waals surface area contributed by atoms with Crippen molar-refractivity contribution in [2.24, 2.45) is 11.8 Å². The Kier molecular flexibility index (Phi) is 6.65. The van der Waals surface area contributed by atoms with Crippen LogP contribution in [0, 0.1) is 11.8 Å². The van der Waals surface area contributed by atoms with E-state index in [1.807, 2.05) is 29.2 Å². The van der Waals surface area contributed by atoms with Crippen LogP contribution in [0.4, 0.5) is 11.4 Å². The van der Waals surface area contributed by atoms with Gasteiger partial charge < -0.3 is 14.5 Å². The topological polar surface area (TPSA) is 84.0 Å². The number of Topliss-reactive ketones (excluding diaryl/α,β-unsaturated/α-hetero) is 1. The summed E-state index contributed by atoms with van der Waals surface area (Å²) in [7, 11) is 0. The number of hydrogen-bond acceptors (Lipinski definition) is 5. The van der Waals surface area contributed by atoms with Crippen molar-refractivity contribution in [3.8, 4) is 0 Å². The highest BCUT2D eigenvalue weighted by Gasteiger charge is 2.41. The second-order valence-electron chi connectivity index (χ2n) is 10.1. The van der Waals surface area contributed by atoms with Crippen molar-refractivity contribution in [3.63, 3.8) is 0 Å². The molecule has 0 N–H and O–H groups in total. The highest BCUT2D eigenvalue weighted by Crippen LogP contribution is 2.37. The number of rotatable bonds is 5. The monoisotopic (exact) mass is 488 g/mol. The molecule has 36 heavy (non-hydrogen) atoms. The van der Waals surface area contributed by atoms with Gasteiger partial charge in [-0.2, -0.15) is 0 Å². The largest absolute Gasteiger partial charge is 0.454 e. The summed E-state index contributed by atoms with van der Waals surface area (Å²) in [6.45, 7) is 4.35. The molecule has 0 unspecified atom stereocenters. The lowest BCUT2D eigenvalue weighted by Crippen LogP contribution is -2.43. The number of nitrogens with zero attached hydrogens (tertiary/aromatic N) is 2. The summed E-state index contributed by atoms with van der Waals surface area (Å²) >= 11 is 0. The summed E-state index contributed by atoms with van der Waals surface area (Å²) in [5, 5.41) is 0. The second-order valence-corrected chi connectivity index (χ2v) is 10.1. The van der Waals surface area contributed by atoms with Crippen molar-refractivity contribution in [2.75, 3.05) is 22.9 Å². The first kappa shape index (κ1) is 24.2. The molecule has 5 rings (SSSR count). The standard InChI is InChI=1S/C29H32N2O5/c1-18(27(33)22-11-12-26-21(17-22)14-15-30(26)19(2)32)36-29(35)24-9-5-4-8-23(24)28(34)31-16-13-20-7-3-6-10-25(20)31/h3,6-7,10-12,17-18,23-24H,4-5,8-9,13-16H2,1-2H3/t18-,23-,24-/m0/s1. The maximum Gasteiger partial charge on any atom is 0.310 e. The molecule has 0 spiro atoms. The van der Waals surface area contributed by atoms with E-state index in [9.17, 15) is 19.2 Å². The number of esters is 1. The minimum Gasteiger partial charge on any atom is -0.454 e. The normalized spacial score (nSPS) is 21.5. The first-order chi connectivity index (χ1) is 17.3. The van der Waals surface area contributed by atoms with E-state index in [4.69, 9.17) is 4.74 Å². The van der Waals surface area contributed by atoms with Crippen molar-refractivity contribution < 1.29 is 23.9 Å². The smallest absolute Gasteiger partial charge is 0.310 e. The zero-order valence-electron chi connectivity index (χ0n) is 20.9. The molecule has 2 aromatic carbocycles. The fraction of sp³-hybridized carbons (Fsp3) is 0.448. The number of ketones is 1. The number of ether oxygens (including phenoxy) is 1. The molecule has 3 atom stereocenters. The van der Waals surface area contributed by atoms with Gasteiger partial charge in [-0.15, -0.1) is 0 Å². The maximum absolute atomic E-state index is 13.5. The van der Waals surface area contributed by atoms with Gasteiger partial charge in [0.1, 0.15) is 0 Å². The van der Waals surface area contributed by atoms with Crippen LogP contribution < -0.4 is 9.80 Å². The van der Waals surface area contributed by atoms with Gasteiger partial charge in [0.15, 0.2) is 6.10 Å².